The maximum Gasteiger partial charge on any atom is 0.337 e. The Morgan fingerprint density at radius 1 is 1.12 bits per heavy atom. The molecule has 17 heavy (non-hydrogen) atoms. The van der Waals surface area contributed by atoms with E-state index in [1.807, 2.05) is 0 Å². The van der Waals surface area contributed by atoms with E-state index in [9.17, 15) is 24.5 Å². The van der Waals surface area contributed by atoms with E-state index >= 15 is 0 Å². The van der Waals surface area contributed by atoms with Crippen molar-refractivity contribution in [1.29, 1.82) is 0 Å². The van der Waals surface area contributed by atoms with Crippen molar-refractivity contribution in [2.45, 2.75) is 18.4 Å². The fraction of sp³-hybridized carbons (Fsp3) is 0.500. The number of rotatable bonds is 7. The molecule has 92 valence electrons. The van der Waals surface area contributed by atoms with Crippen molar-refractivity contribution in [2.75, 3.05) is 0 Å². The van der Waals surface area contributed by atoms with Gasteiger partial charge in [0.25, 0.3) is 5.09 Å². The molecule has 0 aliphatic rings. The van der Waals surface area contributed by atoms with Crippen LogP contribution in [0.5, 0.6) is 0 Å². The van der Waals surface area contributed by atoms with Gasteiger partial charge in [-0.05, 0) is 0 Å². The summed E-state index contributed by atoms with van der Waals surface area (Å²) in [4.78, 5) is 45.0. The summed E-state index contributed by atoms with van der Waals surface area (Å²) >= 11 is 0. The third-order valence-electron chi connectivity index (χ3n) is 1.51. The van der Waals surface area contributed by atoms with E-state index in [0.717, 1.165) is 0 Å². The van der Waals surface area contributed by atoms with Crippen LogP contribution in [0.4, 0.5) is 0 Å². The first-order valence-electron chi connectivity index (χ1n) is 3.70. The van der Waals surface area contributed by atoms with Gasteiger partial charge < -0.3 is 15.3 Å². The molecule has 0 rings (SSSR count). The van der Waals surface area contributed by atoms with E-state index in [0.29, 0.717) is 0 Å². The molecule has 0 saturated carbocycles. The first kappa shape index (κ1) is 17.6. The largest absolute Gasteiger partial charge is 0.481 e. The second-order valence-corrected chi connectivity index (χ2v) is 2.76. The minimum atomic E-state index is -2.92. The van der Waals surface area contributed by atoms with E-state index < -0.39 is 41.4 Å². The molecule has 0 aliphatic heterocycles. The summed E-state index contributed by atoms with van der Waals surface area (Å²) in [6.07, 6.45) is -2.68. The first-order chi connectivity index (χ1) is 7.19. The molecule has 0 radical (unpaired) electrons. The van der Waals surface area contributed by atoms with Crippen LogP contribution in [0.15, 0.2) is 0 Å². The smallest absolute Gasteiger partial charge is 0.337 e. The Kier molecular flexibility index (Phi) is 6.98. The normalized spacial score (nSPS) is 9.88. The second kappa shape index (κ2) is 6.74. The summed E-state index contributed by atoms with van der Waals surface area (Å²) in [5, 5.41) is 33.8. The van der Waals surface area contributed by atoms with Crippen molar-refractivity contribution in [3.8, 4) is 0 Å². The van der Waals surface area contributed by atoms with E-state index in [4.69, 9.17) is 15.3 Å². The molecule has 0 saturated heterocycles. The zero-order valence-corrected chi connectivity index (χ0v) is 11.3. The molecule has 0 aromatic rings. The first-order valence-corrected chi connectivity index (χ1v) is 3.70. The van der Waals surface area contributed by atoms with E-state index in [1.165, 1.54) is 0 Å². The van der Waals surface area contributed by atoms with Gasteiger partial charge in [0.2, 0.25) is 5.60 Å². The Balaban J connectivity index is 0. The van der Waals surface area contributed by atoms with Crippen molar-refractivity contribution in [3.05, 3.63) is 10.1 Å². The minimum absolute atomic E-state index is 0. The number of hydrogen-bond acceptors (Lipinski definition) is 6. The predicted octanol–water partition coefficient (Wildman–Crippen LogP) is -1.03. The second-order valence-electron chi connectivity index (χ2n) is 2.76. The third-order valence-corrected chi connectivity index (χ3v) is 1.51. The third kappa shape index (κ3) is 5.76. The van der Waals surface area contributed by atoms with Crippen LogP contribution >= 0.6 is 0 Å². The predicted molar refractivity (Wildman–Crippen MR) is 43.0 cm³/mol. The Hall–Kier alpha value is -1.77. The van der Waals surface area contributed by atoms with Crippen molar-refractivity contribution in [2.24, 2.45) is 0 Å². The Labute approximate surface area is 106 Å². The summed E-state index contributed by atoms with van der Waals surface area (Å²) in [5.74, 6) is -5.50. The van der Waals surface area contributed by atoms with Gasteiger partial charge in [-0.15, -0.1) is 10.1 Å². The maximum absolute atomic E-state index is 10.7. The molecule has 11 heteroatoms. The number of hydrogen-bond donors (Lipinski definition) is 3. The van der Waals surface area contributed by atoms with Crippen LogP contribution in [0.3, 0.4) is 0 Å². The van der Waals surface area contributed by atoms with Crippen LogP contribution in [0.2, 0.25) is 0 Å². The number of aliphatic carboxylic acids is 3. The van der Waals surface area contributed by atoms with Crippen LogP contribution < -0.4 is 0 Å². The SMILES string of the molecule is O=C(O)CC(CC(=O)O)(O[N+](=O)[O-])C(=O)O.[Zn]. The molecule has 0 atom stereocenters. The Morgan fingerprint density at radius 3 is 1.65 bits per heavy atom. The molecule has 10 nitrogen and oxygen atoms in total. The molecule has 0 heterocycles. The molecule has 0 aromatic heterocycles. The standard InChI is InChI=1S/C6H7NO9.Zn/c8-3(9)1-6(5(12)13,2-4(10)11)16-7(14)15;/h1-2H2,(H,8,9)(H,10,11)(H,12,13);. The van der Waals surface area contributed by atoms with Gasteiger partial charge in [-0.1, -0.05) is 0 Å². The fourth-order valence-corrected chi connectivity index (χ4v) is 0.949. The van der Waals surface area contributed by atoms with E-state index in [-0.39, 0.29) is 19.5 Å². The molecule has 0 aromatic carbocycles. The van der Waals surface area contributed by atoms with Gasteiger partial charge in [-0.2, -0.15) is 0 Å². The molecule has 0 amide bonds. The van der Waals surface area contributed by atoms with Gasteiger partial charge in [-0.25, -0.2) is 4.79 Å². The number of carbonyl (C=O) groups is 3. The number of carboxylic acids is 3. The van der Waals surface area contributed by atoms with Crippen LogP contribution in [-0.4, -0.2) is 43.9 Å². The quantitative estimate of drug-likeness (QED) is 0.302. The molecule has 3 N–H and O–H groups in total. The van der Waals surface area contributed by atoms with Gasteiger partial charge in [0.05, 0.1) is 12.8 Å². The zero-order chi connectivity index (χ0) is 12.9. The van der Waals surface area contributed by atoms with Crippen molar-refractivity contribution < 1.29 is 59.1 Å². The summed E-state index contributed by atoms with van der Waals surface area (Å²) in [5.41, 5.74) is -2.92. The van der Waals surface area contributed by atoms with Gasteiger partial charge in [-0.3, -0.25) is 14.4 Å². The van der Waals surface area contributed by atoms with Gasteiger partial charge >= 0.3 is 17.9 Å². The fourth-order valence-electron chi connectivity index (χ4n) is 0.949. The summed E-state index contributed by atoms with van der Waals surface area (Å²) in [6.45, 7) is 0. The Morgan fingerprint density at radius 2 is 1.47 bits per heavy atom. The summed E-state index contributed by atoms with van der Waals surface area (Å²) < 4.78 is 0. The molecule has 0 unspecified atom stereocenters. The van der Waals surface area contributed by atoms with Crippen molar-refractivity contribution in [3.63, 3.8) is 0 Å². The van der Waals surface area contributed by atoms with Crippen molar-refractivity contribution in [1.82, 2.24) is 0 Å². The molecular formula is C6H7NO9Zn. The van der Waals surface area contributed by atoms with Gasteiger partial charge in [0.15, 0.2) is 0 Å². The van der Waals surface area contributed by atoms with Crippen LogP contribution in [0.1, 0.15) is 12.8 Å². The van der Waals surface area contributed by atoms with Gasteiger partial charge in [0.1, 0.15) is 0 Å². The zero-order valence-electron chi connectivity index (χ0n) is 8.36. The molecule has 0 bridgehead atoms. The Bertz CT molecular complexity index is 300. The topological polar surface area (TPSA) is 164 Å². The summed E-state index contributed by atoms with van der Waals surface area (Å²) in [6, 6.07) is 0. The molecular weight excluding hydrogens is 295 g/mol. The number of nitrogens with zero attached hydrogens (tertiary/aromatic N) is 1. The van der Waals surface area contributed by atoms with Gasteiger partial charge in [0, 0.05) is 19.5 Å². The average molecular weight is 303 g/mol. The molecule has 0 aliphatic carbocycles. The molecule has 0 fully saturated rings. The van der Waals surface area contributed by atoms with E-state index in [2.05, 4.69) is 4.84 Å². The molecule has 0 spiro atoms. The van der Waals surface area contributed by atoms with E-state index in [1.54, 1.807) is 0 Å². The summed E-state index contributed by atoms with van der Waals surface area (Å²) in [7, 11) is 0. The van der Waals surface area contributed by atoms with Crippen LogP contribution in [0.25, 0.3) is 0 Å². The monoisotopic (exact) mass is 301 g/mol. The number of carboxylic acid groups (broad SMARTS) is 3. The minimum Gasteiger partial charge on any atom is -0.481 e. The average Bonchev–Trinajstić information content (AvgIpc) is 1.98. The maximum atomic E-state index is 10.7. The van der Waals surface area contributed by atoms with Crippen molar-refractivity contribution >= 4 is 17.9 Å². The van der Waals surface area contributed by atoms with Crippen LogP contribution in [0, 0.1) is 10.1 Å². The van der Waals surface area contributed by atoms with Crippen LogP contribution in [-0.2, 0) is 38.7 Å².